The molecule has 7 nitrogen and oxygen atoms in total. The van der Waals surface area contributed by atoms with E-state index in [2.05, 4.69) is 6.92 Å². The van der Waals surface area contributed by atoms with E-state index in [1.54, 1.807) is 6.07 Å². The summed E-state index contributed by atoms with van der Waals surface area (Å²) in [6.07, 6.45) is 17.4. The predicted molar refractivity (Wildman–Crippen MR) is 133 cm³/mol. The Morgan fingerprint density at radius 2 is 1.00 bits per heavy atom. The summed E-state index contributed by atoms with van der Waals surface area (Å²) in [6, 6.07) is 1.79. The quantitative estimate of drug-likeness (QED) is 0.121. The first-order valence-corrected chi connectivity index (χ1v) is 13.1. The highest BCUT2D eigenvalue weighted by Crippen LogP contribution is 2.32. The zero-order valence-electron chi connectivity index (χ0n) is 21.2. The molecule has 34 heavy (non-hydrogen) atoms. The lowest BCUT2D eigenvalue weighted by atomic mass is 9.92. The van der Waals surface area contributed by atoms with E-state index < -0.39 is 20.4 Å². The highest BCUT2D eigenvalue weighted by molar-refractivity contribution is 5.49. The van der Waals surface area contributed by atoms with Gasteiger partial charge in [-0.3, -0.25) is 0 Å². The fraction of sp³-hybridized carbons (Fsp3) is 0.778. The molecule has 0 fully saturated rings. The van der Waals surface area contributed by atoms with E-state index in [1.165, 1.54) is 70.6 Å². The number of unbranched alkanes of at least 4 members (excludes halogenated alkanes) is 12. The van der Waals surface area contributed by atoms with Crippen LogP contribution < -0.4 is 0 Å². The molecule has 0 heterocycles. The van der Waals surface area contributed by atoms with Crippen LogP contribution in [0.1, 0.15) is 113 Å². The number of benzene rings is 1. The molecular formula is C27H48O7. The maximum absolute atomic E-state index is 10.8. The van der Waals surface area contributed by atoms with Crippen molar-refractivity contribution in [2.75, 3.05) is 20.4 Å². The van der Waals surface area contributed by atoms with Crippen molar-refractivity contribution in [2.24, 2.45) is 0 Å². The molecule has 0 saturated carbocycles. The van der Waals surface area contributed by atoms with Crippen LogP contribution in [0.3, 0.4) is 0 Å². The van der Waals surface area contributed by atoms with Gasteiger partial charge in [0, 0.05) is 11.1 Å². The van der Waals surface area contributed by atoms with Crippen LogP contribution in [-0.4, -0.2) is 40.8 Å². The zero-order valence-corrected chi connectivity index (χ0v) is 21.2. The lowest BCUT2D eigenvalue weighted by Crippen LogP contribution is -2.09. The van der Waals surface area contributed by atoms with Crippen molar-refractivity contribution in [1.82, 2.24) is 0 Å². The summed E-state index contributed by atoms with van der Waals surface area (Å²) in [5, 5.41) is 37.9. The van der Waals surface area contributed by atoms with Gasteiger partial charge in [0.1, 0.15) is 26.1 Å². The summed E-state index contributed by atoms with van der Waals surface area (Å²) in [4.78, 5) is 0. The van der Waals surface area contributed by atoms with E-state index in [4.69, 9.17) is 29.5 Å². The second-order valence-corrected chi connectivity index (χ2v) is 8.93. The highest BCUT2D eigenvalue weighted by Gasteiger charge is 2.18. The third-order valence-corrected chi connectivity index (χ3v) is 6.26. The van der Waals surface area contributed by atoms with Gasteiger partial charge in [-0.25, -0.2) is 0 Å². The van der Waals surface area contributed by atoms with Crippen LogP contribution in [0, 0.1) is 0 Å². The second kappa shape index (κ2) is 21.1. The van der Waals surface area contributed by atoms with Gasteiger partial charge in [0.05, 0.1) is 19.8 Å². The first-order valence-electron chi connectivity index (χ1n) is 13.1. The van der Waals surface area contributed by atoms with Crippen molar-refractivity contribution < 1.29 is 34.6 Å². The van der Waals surface area contributed by atoms with Crippen molar-refractivity contribution in [3.8, 4) is 5.75 Å². The number of hydrogen-bond acceptors (Lipinski definition) is 7. The number of phenols is 1. The Balaban J connectivity index is 2.53. The van der Waals surface area contributed by atoms with Crippen LogP contribution >= 0.6 is 0 Å². The normalized spacial score (nSPS) is 11.4. The number of hydrogen-bond donors (Lipinski definition) is 4. The number of phenolic OH excluding ortho intramolecular Hbond substituents is 1. The third-order valence-electron chi connectivity index (χ3n) is 6.26. The molecule has 0 unspecified atom stereocenters. The van der Waals surface area contributed by atoms with Gasteiger partial charge >= 0.3 is 0 Å². The Labute approximate surface area is 206 Å². The average molecular weight is 485 g/mol. The first-order chi connectivity index (χ1) is 16.7. The van der Waals surface area contributed by atoms with Gasteiger partial charge in [-0.2, -0.15) is 0 Å². The van der Waals surface area contributed by atoms with Crippen molar-refractivity contribution in [2.45, 2.75) is 117 Å². The summed E-state index contributed by atoms with van der Waals surface area (Å²) < 4.78 is 15.5. The van der Waals surface area contributed by atoms with Crippen molar-refractivity contribution in [3.05, 3.63) is 28.3 Å². The Morgan fingerprint density at radius 1 is 0.559 bits per heavy atom. The molecule has 0 amide bonds. The Kier molecular flexibility index (Phi) is 19.1. The largest absolute Gasteiger partial charge is 0.507 e. The van der Waals surface area contributed by atoms with E-state index in [0.29, 0.717) is 11.1 Å². The maximum atomic E-state index is 10.8. The van der Waals surface area contributed by atoms with E-state index >= 15 is 0 Å². The molecule has 0 aliphatic carbocycles. The fourth-order valence-electron chi connectivity index (χ4n) is 4.38. The fourth-order valence-corrected chi connectivity index (χ4v) is 4.38. The molecule has 1 aromatic rings. The van der Waals surface area contributed by atoms with Crippen molar-refractivity contribution >= 4 is 0 Å². The standard InChI is InChI=1S/C27H48O7/c1-2-3-4-5-6-7-8-9-10-11-12-13-14-15-25-23(17-32-20-28)16-24(18-33-21-29)27(31)26(25)19-34-22-30/h16,28-31H,2-15,17-22H2,1H3. The van der Waals surface area contributed by atoms with E-state index in [9.17, 15) is 5.11 Å². The van der Waals surface area contributed by atoms with Gasteiger partial charge in [0.15, 0.2) is 0 Å². The van der Waals surface area contributed by atoms with Crippen molar-refractivity contribution in [3.63, 3.8) is 0 Å². The monoisotopic (exact) mass is 484 g/mol. The summed E-state index contributed by atoms with van der Waals surface area (Å²) in [5.41, 5.74) is 2.88. The molecule has 7 heteroatoms. The molecule has 0 radical (unpaired) electrons. The average Bonchev–Trinajstić information content (AvgIpc) is 2.85. The second-order valence-electron chi connectivity index (χ2n) is 8.93. The van der Waals surface area contributed by atoms with Crippen LogP contribution in [0.15, 0.2) is 6.07 Å². The van der Waals surface area contributed by atoms with Crippen LogP contribution in [0.2, 0.25) is 0 Å². The number of aliphatic hydroxyl groups is 3. The Morgan fingerprint density at radius 3 is 1.50 bits per heavy atom. The topological polar surface area (TPSA) is 109 Å². The lowest BCUT2D eigenvalue weighted by molar-refractivity contribution is -0.0162. The lowest BCUT2D eigenvalue weighted by Gasteiger charge is -2.19. The zero-order chi connectivity index (χ0) is 24.9. The molecule has 4 N–H and O–H groups in total. The first kappa shape index (κ1) is 30.8. The molecule has 198 valence electrons. The van der Waals surface area contributed by atoms with E-state index in [0.717, 1.165) is 30.4 Å². The summed E-state index contributed by atoms with van der Waals surface area (Å²) >= 11 is 0. The molecule has 1 rings (SSSR count). The van der Waals surface area contributed by atoms with Gasteiger partial charge < -0.3 is 34.6 Å². The Hall–Kier alpha value is -1.22. The number of aliphatic hydroxyl groups excluding tert-OH is 3. The molecule has 0 aliphatic rings. The predicted octanol–water partition coefficient (Wildman–Crippen LogP) is 5.43. The summed E-state index contributed by atoms with van der Waals surface area (Å²) in [7, 11) is 0. The molecule has 0 spiro atoms. The van der Waals surface area contributed by atoms with Gasteiger partial charge in [-0.15, -0.1) is 0 Å². The minimum Gasteiger partial charge on any atom is -0.507 e. The maximum Gasteiger partial charge on any atom is 0.144 e. The van der Waals surface area contributed by atoms with Gasteiger partial charge in [0.25, 0.3) is 0 Å². The number of aromatic hydroxyl groups is 1. The smallest absolute Gasteiger partial charge is 0.144 e. The van der Waals surface area contributed by atoms with Crippen LogP contribution in [-0.2, 0) is 40.5 Å². The van der Waals surface area contributed by atoms with Crippen molar-refractivity contribution in [1.29, 1.82) is 0 Å². The summed E-state index contributed by atoms with van der Waals surface area (Å²) in [6.45, 7) is 1.26. The summed E-state index contributed by atoms with van der Waals surface area (Å²) in [5.74, 6) is 0.0549. The van der Waals surface area contributed by atoms with Crippen LogP contribution in [0.25, 0.3) is 0 Å². The van der Waals surface area contributed by atoms with Gasteiger partial charge in [-0.1, -0.05) is 84.0 Å². The molecule has 0 saturated heterocycles. The van der Waals surface area contributed by atoms with Gasteiger partial charge in [-0.05, 0) is 30.0 Å². The minimum absolute atomic E-state index is 0.0413. The van der Waals surface area contributed by atoms with E-state index in [-0.39, 0.29) is 25.6 Å². The van der Waals surface area contributed by atoms with E-state index in [1.807, 2.05) is 0 Å². The molecule has 1 aromatic carbocycles. The van der Waals surface area contributed by atoms with Crippen LogP contribution in [0.5, 0.6) is 5.75 Å². The molecule has 0 bridgehead atoms. The minimum atomic E-state index is -0.453. The highest BCUT2D eigenvalue weighted by atomic mass is 16.6. The molecule has 0 aliphatic heterocycles. The number of ether oxygens (including phenoxy) is 3. The SMILES string of the molecule is CCCCCCCCCCCCCCCc1c(COCO)cc(COCO)c(O)c1COCO. The number of rotatable bonds is 23. The molecule has 0 atom stereocenters. The molecule has 0 aromatic heterocycles. The van der Waals surface area contributed by atoms with Crippen LogP contribution in [0.4, 0.5) is 0 Å². The molecular weight excluding hydrogens is 436 g/mol. The van der Waals surface area contributed by atoms with Gasteiger partial charge in [0.2, 0.25) is 0 Å². The third kappa shape index (κ3) is 13.0. The Bertz CT molecular complexity index is 621.